The first-order chi connectivity index (χ1) is 6.83. The lowest BCUT2D eigenvalue weighted by Gasteiger charge is -1.99. The zero-order valence-corrected chi connectivity index (χ0v) is 9.68. The monoisotopic (exact) mass is 207 g/mol. The van der Waals surface area contributed by atoms with E-state index in [2.05, 4.69) is 43.1 Å². The summed E-state index contributed by atoms with van der Waals surface area (Å²) in [6, 6.07) is 10.4. The molecule has 0 saturated carbocycles. The van der Waals surface area contributed by atoms with Crippen molar-refractivity contribution in [1.82, 2.24) is 0 Å². The molecule has 0 unspecified atom stereocenters. The van der Waals surface area contributed by atoms with Crippen LogP contribution in [0.25, 0.3) is 0 Å². The van der Waals surface area contributed by atoms with Crippen LogP contribution in [0.1, 0.15) is 25.8 Å². The summed E-state index contributed by atoms with van der Waals surface area (Å²) in [7, 11) is 0. The van der Waals surface area contributed by atoms with Crippen LogP contribution in [0.15, 0.2) is 35.3 Å². The first kappa shape index (κ1) is 11.3. The van der Waals surface area contributed by atoms with Gasteiger partial charge in [-0.1, -0.05) is 37.3 Å². The Balaban J connectivity index is 2.39. The summed E-state index contributed by atoms with van der Waals surface area (Å²) < 4.78 is 0. The molecule has 0 radical (unpaired) electrons. The van der Waals surface area contributed by atoms with Crippen LogP contribution in [-0.2, 0) is 6.54 Å². The molecule has 1 rings (SSSR count). The summed E-state index contributed by atoms with van der Waals surface area (Å²) in [5.74, 6) is 1.17. The molecule has 14 heavy (non-hydrogen) atoms. The lowest BCUT2D eigenvalue weighted by molar-refractivity contribution is 1.07. The Labute approximate surface area is 90.6 Å². The Bertz CT molecular complexity index is 280. The minimum atomic E-state index is 0.809. The normalized spacial score (nSPS) is 11.7. The smallest absolute Gasteiger partial charge is 0.0649 e. The molecule has 0 aromatic heterocycles. The van der Waals surface area contributed by atoms with Crippen molar-refractivity contribution in [2.24, 2.45) is 4.99 Å². The Kier molecular flexibility index (Phi) is 5.38. The molecule has 1 nitrogen and oxygen atoms in total. The molecule has 0 N–H and O–H groups in total. The van der Waals surface area contributed by atoms with E-state index >= 15 is 0 Å². The Morgan fingerprint density at radius 3 is 2.64 bits per heavy atom. The molecular weight excluding hydrogens is 190 g/mol. The van der Waals surface area contributed by atoms with Crippen molar-refractivity contribution in [2.75, 3.05) is 5.75 Å². The van der Waals surface area contributed by atoms with Gasteiger partial charge in [0.1, 0.15) is 0 Å². The van der Waals surface area contributed by atoms with E-state index in [1.165, 1.54) is 22.8 Å². The number of benzene rings is 1. The maximum absolute atomic E-state index is 4.51. The maximum Gasteiger partial charge on any atom is 0.0649 e. The van der Waals surface area contributed by atoms with Gasteiger partial charge in [0, 0.05) is 0 Å². The molecule has 0 bridgehead atoms. The van der Waals surface area contributed by atoms with Crippen molar-refractivity contribution < 1.29 is 0 Å². The molecular formula is C12H17NS. The summed E-state index contributed by atoms with van der Waals surface area (Å²) >= 11 is 1.85. The van der Waals surface area contributed by atoms with Gasteiger partial charge in [-0.05, 0) is 24.7 Å². The predicted molar refractivity (Wildman–Crippen MR) is 66.0 cm³/mol. The summed E-state index contributed by atoms with van der Waals surface area (Å²) in [6.07, 6.45) is 1.21. The molecule has 0 aliphatic heterocycles. The van der Waals surface area contributed by atoms with Crippen LogP contribution >= 0.6 is 11.8 Å². The quantitative estimate of drug-likeness (QED) is 0.541. The predicted octanol–water partition coefficient (Wildman–Crippen LogP) is 3.75. The molecule has 1 aromatic carbocycles. The van der Waals surface area contributed by atoms with Crippen LogP contribution in [0.3, 0.4) is 0 Å². The Hall–Kier alpha value is -0.760. The van der Waals surface area contributed by atoms with Gasteiger partial charge in [-0.2, -0.15) is 0 Å². The first-order valence-electron chi connectivity index (χ1n) is 5.00. The third kappa shape index (κ3) is 4.47. The van der Waals surface area contributed by atoms with Crippen molar-refractivity contribution in [3.8, 4) is 0 Å². The Morgan fingerprint density at radius 2 is 2.00 bits per heavy atom. The van der Waals surface area contributed by atoms with E-state index in [4.69, 9.17) is 0 Å². The van der Waals surface area contributed by atoms with Crippen molar-refractivity contribution in [2.45, 2.75) is 26.8 Å². The summed E-state index contributed by atoms with van der Waals surface area (Å²) in [5, 5.41) is 1.19. The van der Waals surface area contributed by atoms with E-state index in [1.807, 2.05) is 17.8 Å². The molecule has 0 aliphatic carbocycles. The van der Waals surface area contributed by atoms with Gasteiger partial charge >= 0.3 is 0 Å². The van der Waals surface area contributed by atoms with E-state index in [1.54, 1.807) is 0 Å². The number of hydrogen-bond acceptors (Lipinski definition) is 2. The Morgan fingerprint density at radius 1 is 1.29 bits per heavy atom. The number of hydrogen-bond donors (Lipinski definition) is 0. The third-order valence-corrected chi connectivity index (χ3v) is 3.00. The lowest BCUT2D eigenvalue weighted by Crippen LogP contribution is -1.89. The zero-order chi connectivity index (χ0) is 10.2. The molecule has 0 spiro atoms. The van der Waals surface area contributed by atoms with Crippen LogP contribution < -0.4 is 0 Å². The molecule has 0 aliphatic rings. The number of thioether (sulfide) groups is 1. The fourth-order valence-electron chi connectivity index (χ4n) is 1.08. The van der Waals surface area contributed by atoms with E-state index in [9.17, 15) is 0 Å². The van der Waals surface area contributed by atoms with Crippen LogP contribution in [0.5, 0.6) is 0 Å². The van der Waals surface area contributed by atoms with E-state index in [-0.39, 0.29) is 0 Å². The molecule has 0 atom stereocenters. The molecule has 0 saturated heterocycles. The van der Waals surface area contributed by atoms with Crippen molar-refractivity contribution in [1.29, 1.82) is 0 Å². The summed E-state index contributed by atoms with van der Waals surface area (Å²) in [6.45, 7) is 5.09. The van der Waals surface area contributed by atoms with Gasteiger partial charge in [0.2, 0.25) is 0 Å². The van der Waals surface area contributed by atoms with Gasteiger partial charge in [0.15, 0.2) is 0 Å². The largest absolute Gasteiger partial charge is 0.278 e. The standard InChI is InChI=1S/C12H17NS/c1-3-9-14-11(2)13-10-12-7-5-4-6-8-12/h4-8H,3,9-10H2,1-2H3/b13-11-. The maximum atomic E-state index is 4.51. The second kappa shape index (κ2) is 6.66. The molecule has 0 fully saturated rings. The lowest BCUT2D eigenvalue weighted by atomic mass is 10.2. The molecule has 0 heterocycles. The SMILES string of the molecule is CCCS/C(C)=N\Cc1ccccc1. The number of nitrogens with zero attached hydrogens (tertiary/aromatic N) is 1. The minimum Gasteiger partial charge on any atom is -0.278 e. The average molecular weight is 207 g/mol. The zero-order valence-electron chi connectivity index (χ0n) is 8.86. The van der Waals surface area contributed by atoms with Gasteiger partial charge in [-0.15, -0.1) is 11.8 Å². The van der Waals surface area contributed by atoms with Crippen LogP contribution in [0.2, 0.25) is 0 Å². The second-order valence-corrected chi connectivity index (χ2v) is 4.46. The van der Waals surface area contributed by atoms with Gasteiger partial charge in [0.25, 0.3) is 0 Å². The first-order valence-corrected chi connectivity index (χ1v) is 5.99. The highest BCUT2D eigenvalue weighted by molar-refractivity contribution is 8.13. The van der Waals surface area contributed by atoms with Gasteiger partial charge < -0.3 is 0 Å². The summed E-state index contributed by atoms with van der Waals surface area (Å²) in [5.41, 5.74) is 1.28. The van der Waals surface area contributed by atoms with Crippen molar-refractivity contribution >= 4 is 16.8 Å². The molecule has 1 aromatic rings. The van der Waals surface area contributed by atoms with Crippen LogP contribution in [0.4, 0.5) is 0 Å². The van der Waals surface area contributed by atoms with E-state index < -0.39 is 0 Å². The number of aliphatic imine (C=N–C) groups is 1. The molecule has 0 amide bonds. The van der Waals surface area contributed by atoms with Crippen LogP contribution in [-0.4, -0.2) is 10.8 Å². The third-order valence-electron chi connectivity index (χ3n) is 1.84. The summed E-state index contributed by atoms with van der Waals surface area (Å²) in [4.78, 5) is 4.51. The average Bonchev–Trinajstić information content (AvgIpc) is 2.25. The van der Waals surface area contributed by atoms with Crippen molar-refractivity contribution in [3.63, 3.8) is 0 Å². The highest BCUT2D eigenvalue weighted by atomic mass is 32.2. The topological polar surface area (TPSA) is 12.4 Å². The van der Waals surface area contributed by atoms with Crippen LogP contribution in [0, 0.1) is 0 Å². The van der Waals surface area contributed by atoms with Gasteiger partial charge in [0.05, 0.1) is 11.6 Å². The second-order valence-electron chi connectivity index (χ2n) is 3.17. The molecule has 76 valence electrons. The fraction of sp³-hybridized carbons (Fsp3) is 0.417. The fourth-order valence-corrected chi connectivity index (χ4v) is 1.74. The van der Waals surface area contributed by atoms with Crippen molar-refractivity contribution in [3.05, 3.63) is 35.9 Å². The van der Waals surface area contributed by atoms with E-state index in [0.717, 1.165) is 6.54 Å². The highest BCUT2D eigenvalue weighted by Gasteiger charge is 1.92. The minimum absolute atomic E-state index is 0.809. The van der Waals surface area contributed by atoms with Gasteiger partial charge in [-0.3, -0.25) is 4.99 Å². The molecule has 2 heteroatoms. The number of rotatable bonds is 4. The highest BCUT2D eigenvalue weighted by Crippen LogP contribution is 2.07. The van der Waals surface area contributed by atoms with Gasteiger partial charge in [-0.25, -0.2) is 0 Å². The van der Waals surface area contributed by atoms with E-state index in [0.29, 0.717) is 0 Å².